The molecule has 0 aliphatic rings. The van der Waals surface area contributed by atoms with Crippen LogP contribution in [0.4, 0.5) is 10.1 Å². The van der Waals surface area contributed by atoms with Gasteiger partial charge in [0.1, 0.15) is 5.82 Å². The van der Waals surface area contributed by atoms with Crippen LogP contribution >= 0.6 is 0 Å². The van der Waals surface area contributed by atoms with Crippen molar-refractivity contribution in [2.75, 3.05) is 5.43 Å². The van der Waals surface area contributed by atoms with Crippen molar-refractivity contribution in [2.24, 2.45) is 5.10 Å². The van der Waals surface area contributed by atoms with E-state index in [1.807, 2.05) is 0 Å². The van der Waals surface area contributed by atoms with Crippen molar-refractivity contribution in [2.45, 2.75) is 13.8 Å². The highest BCUT2D eigenvalue weighted by Crippen LogP contribution is 2.12. The Morgan fingerprint density at radius 3 is 2.25 bits per heavy atom. The zero-order valence-electron chi connectivity index (χ0n) is 8.95. The van der Waals surface area contributed by atoms with Crippen LogP contribution in [0.5, 0.6) is 0 Å². The topological polar surface area (TPSA) is 58.5 Å². The number of hydrogen-bond acceptors (Lipinski definition) is 4. The fourth-order valence-corrected chi connectivity index (χ4v) is 1.07. The number of rotatable bonds is 4. The fourth-order valence-electron chi connectivity index (χ4n) is 1.07. The van der Waals surface area contributed by atoms with Crippen molar-refractivity contribution in [3.05, 3.63) is 30.1 Å². The molecule has 16 heavy (non-hydrogen) atoms. The van der Waals surface area contributed by atoms with Gasteiger partial charge in [-0.1, -0.05) is 12.1 Å². The van der Waals surface area contributed by atoms with Gasteiger partial charge in [0.2, 0.25) is 0 Å². The molecule has 1 aromatic rings. The largest absolute Gasteiger partial charge is 0.293 e. The Hall–Kier alpha value is -2.04. The normalized spacial score (nSPS) is 9.44. The fraction of sp³-hybridized carbons (Fsp3) is 0.182. The zero-order chi connectivity index (χ0) is 12.1. The van der Waals surface area contributed by atoms with Crippen molar-refractivity contribution >= 4 is 23.0 Å². The highest BCUT2D eigenvalue weighted by Gasteiger charge is 2.11. The van der Waals surface area contributed by atoms with Crippen molar-refractivity contribution in [3.63, 3.8) is 0 Å². The van der Waals surface area contributed by atoms with E-state index in [4.69, 9.17) is 0 Å². The van der Waals surface area contributed by atoms with Crippen LogP contribution in [0.15, 0.2) is 29.4 Å². The number of anilines is 1. The van der Waals surface area contributed by atoms with Crippen LogP contribution < -0.4 is 5.43 Å². The molecule has 0 heterocycles. The third-order valence-electron chi connectivity index (χ3n) is 1.83. The number of carbonyl (C=O) groups is 2. The summed E-state index contributed by atoms with van der Waals surface area (Å²) in [5, 5.41) is 3.58. The van der Waals surface area contributed by atoms with Gasteiger partial charge >= 0.3 is 0 Å². The van der Waals surface area contributed by atoms with Gasteiger partial charge in [0.25, 0.3) is 0 Å². The number of hydrogen-bond donors (Lipinski definition) is 1. The van der Waals surface area contributed by atoms with Crippen LogP contribution in [0.25, 0.3) is 0 Å². The molecule has 1 rings (SSSR count). The quantitative estimate of drug-likeness (QED) is 0.480. The van der Waals surface area contributed by atoms with E-state index < -0.39 is 17.4 Å². The molecule has 0 fully saturated rings. The lowest BCUT2D eigenvalue weighted by molar-refractivity contribution is -0.114. The molecule has 4 nitrogen and oxygen atoms in total. The number of para-hydroxylation sites is 1. The Labute approximate surface area is 92.2 Å². The second-order valence-corrected chi connectivity index (χ2v) is 3.16. The molecule has 0 amide bonds. The first kappa shape index (κ1) is 12.0. The van der Waals surface area contributed by atoms with E-state index in [0.717, 1.165) is 0 Å². The number of halogens is 1. The predicted octanol–water partition coefficient (Wildman–Crippen LogP) is 1.77. The summed E-state index contributed by atoms with van der Waals surface area (Å²) < 4.78 is 13.1. The highest BCUT2D eigenvalue weighted by atomic mass is 19.1. The lowest BCUT2D eigenvalue weighted by Crippen LogP contribution is -2.20. The molecule has 0 aliphatic carbocycles. The maximum Gasteiger partial charge on any atom is 0.183 e. The van der Waals surface area contributed by atoms with Crippen LogP contribution in [-0.4, -0.2) is 17.3 Å². The molecule has 0 saturated heterocycles. The van der Waals surface area contributed by atoms with E-state index in [9.17, 15) is 14.0 Å². The highest BCUT2D eigenvalue weighted by molar-refractivity contribution is 6.65. The standard InChI is InChI=1S/C11H11FN2O2/c1-7(15)11(8(2)16)14-13-10-6-4-3-5-9(10)12/h3-6,13H,1-2H3. The molecule has 0 unspecified atom stereocenters. The minimum Gasteiger partial charge on any atom is -0.293 e. The molecular formula is C11H11FN2O2. The summed E-state index contributed by atoms with van der Waals surface area (Å²) in [6, 6.07) is 5.85. The molecular weight excluding hydrogens is 211 g/mol. The Bertz CT molecular complexity index is 439. The summed E-state index contributed by atoms with van der Waals surface area (Å²) >= 11 is 0. The maximum absolute atomic E-state index is 13.1. The number of hydrazone groups is 1. The zero-order valence-corrected chi connectivity index (χ0v) is 8.95. The minimum atomic E-state index is -0.502. The first-order chi connectivity index (χ1) is 7.52. The van der Waals surface area contributed by atoms with Crippen LogP contribution in [0, 0.1) is 5.82 Å². The molecule has 1 N–H and O–H groups in total. The first-order valence-electron chi connectivity index (χ1n) is 4.62. The Morgan fingerprint density at radius 2 is 1.75 bits per heavy atom. The van der Waals surface area contributed by atoms with Gasteiger partial charge in [-0.25, -0.2) is 4.39 Å². The molecule has 0 aliphatic heterocycles. The van der Waals surface area contributed by atoms with E-state index in [2.05, 4.69) is 10.5 Å². The van der Waals surface area contributed by atoms with Gasteiger partial charge in [-0.3, -0.25) is 15.0 Å². The number of nitrogens with one attached hydrogen (secondary N) is 1. The van der Waals surface area contributed by atoms with Crippen molar-refractivity contribution in [3.8, 4) is 0 Å². The third kappa shape index (κ3) is 2.98. The number of benzene rings is 1. The summed E-state index contributed by atoms with van der Waals surface area (Å²) in [4.78, 5) is 22.0. The first-order valence-corrected chi connectivity index (χ1v) is 4.62. The average molecular weight is 222 g/mol. The summed E-state index contributed by atoms with van der Waals surface area (Å²) in [5.74, 6) is -1.43. The smallest absolute Gasteiger partial charge is 0.183 e. The summed E-state index contributed by atoms with van der Waals surface area (Å²) in [5.41, 5.74) is 2.23. The average Bonchev–Trinajstić information content (AvgIpc) is 2.20. The van der Waals surface area contributed by atoms with Crippen molar-refractivity contribution in [1.29, 1.82) is 0 Å². The van der Waals surface area contributed by atoms with Gasteiger partial charge < -0.3 is 0 Å². The lowest BCUT2D eigenvalue weighted by atomic mass is 10.2. The SMILES string of the molecule is CC(=O)C(=NNc1ccccc1F)C(C)=O. The van der Waals surface area contributed by atoms with E-state index in [1.54, 1.807) is 6.07 Å². The van der Waals surface area contributed by atoms with E-state index in [-0.39, 0.29) is 11.4 Å². The second kappa shape index (κ2) is 5.16. The van der Waals surface area contributed by atoms with Gasteiger partial charge in [-0.15, -0.1) is 0 Å². The van der Waals surface area contributed by atoms with Crippen molar-refractivity contribution < 1.29 is 14.0 Å². The number of Topliss-reactive ketones (excluding diaryl/α,β-unsaturated/α-hetero) is 2. The predicted molar refractivity (Wildman–Crippen MR) is 58.8 cm³/mol. The Kier molecular flexibility index (Phi) is 3.88. The molecule has 0 radical (unpaired) electrons. The number of nitrogens with zero attached hydrogens (tertiary/aromatic N) is 1. The lowest BCUT2D eigenvalue weighted by Gasteiger charge is -2.02. The summed E-state index contributed by atoms with van der Waals surface area (Å²) in [7, 11) is 0. The molecule has 0 saturated carbocycles. The van der Waals surface area contributed by atoms with Gasteiger partial charge in [0.05, 0.1) is 5.69 Å². The van der Waals surface area contributed by atoms with Crippen LogP contribution in [0.1, 0.15) is 13.8 Å². The molecule has 5 heteroatoms. The molecule has 84 valence electrons. The summed E-state index contributed by atoms with van der Waals surface area (Å²) in [6.07, 6.45) is 0. The summed E-state index contributed by atoms with van der Waals surface area (Å²) in [6.45, 7) is 2.45. The van der Waals surface area contributed by atoms with Gasteiger partial charge in [0, 0.05) is 13.8 Å². The molecule has 0 bridgehead atoms. The third-order valence-corrected chi connectivity index (χ3v) is 1.83. The second-order valence-electron chi connectivity index (χ2n) is 3.16. The monoisotopic (exact) mass is 222 g/mol. The Balaban J connectivity index is 2.90. The van der Waals surface area contributed by atoms with Crippen LogP contribution in [0.2, 0.25) is 0 Å². The van der Waals surface area contributed by atoms with Crippen molar-refractivity contribution in [1.82, 2.24) is 0 Å². The molecule has 0 spiro atoms. The Morgan fingerprint density at radius 1 is 1.19 bits per heavy atom. The van der Waals surface area contributed by atoms with Crippen LogP contribution in [0.3, 0.4) is 0 Å². The number of carbonyl (C=O) groups excluding carboxylic acids is 2. The molecule has 0 atom stereocenters. The van der Waals surface area contributed by atoms with E-state index >= 15 is 0 Å². The molecule has 0 aromatic heterocycles. The van der Waals surface area contributed by atoms with Crippen LogP contribution in [-0.2, 0) is 9.59 Å². The van der Waals surface area contributed by atoms with Gasteiger partial charge in [0.15, 0.2) is 17.3 Å². The molecule has 1 aromatic carbocycles. The van der Waals surface area contributed by atoms with Gasteiger partial charge in [-0.2, -0.15) is 5.10 Å². The van der Waals surface area contributed by atoms with E-state index in [1.165, 1.54) is 32.0 Å². The van der Waals surface area contributed by atoms with Gasteiger partial charge in [-0.05, 0) is 12.1 Å². The van der Waals surface area contributed by atoms with E-state index in [0.29, 0.717) is 0 Å². The maximum atomic E-state index is 13.1. The number of ketones is 2. The minimum absolute atomic E-state index is 0.113.